The minimum Gasteiger partial charge on any atom is -0.323 e. The average molecular weight is 477 g/mol. The van der Waals surface area contributed by atoms with Crippen molar-refractivity contribution in [2.75, 3.05) is 5.75 Å². The molecule has 0 bridgehead atoms. The molecule has 3 aromatic heterocycles. The van der Waals surface area contributed by atoms with Gasteiger partial charge in [0.05, 0.1) is 27.4 Å². The van der Waals surface area contributed by atoms with Crippen LogP contribution in [0.15, 0.2) is 35.6 Å². The first-order valence-electron chi connectivity index (χ1n) is 8.95. The van der Waals surface area contributed by atoms with Crippen molar-refractivity contribution in [2.45, 2.75) is 24.2 Å². The van der Waals surface area contributed by atoms with E-state index in [0.29, 0.717) is 6.07 Å². The summed E-state index contributed by atoms with van der Waals surface area (Å²) >= 11 is 0. The van der Waals surface area contributed by atoms with Crippen molar-refractivity contribution in [1.29, 1.82) is 0 Å². The molecule has 170 valence electrons. The molecule has 0 spiro atoms. The van der Waals surface area contributed by atoms with E-state index in [-0.39, 0.29) is 38.6 Å². The van der Waals surface area contributed by atoms with Gasteiger partial charge in [-0.15, -0.1) is 0 Å². The maximum atomic E-state index is 13.3. The van der Waals surface area contributed by atoms with Crippen LogP contribution < -0.4 is 0 Å². The Hall–Kier alpha value is -3.16. The number of benzene rings is 1. The molecule has 4 aromatic rings. The Morgan fingerprint density at radius 3 is 2.28 bits per heavy atom. The molecular weight excluding hydrogens is 464 g/mol. The molecule has 14 heteroatoms. The first kappa shape index (κ1) is 22.0. The lowest BCUT2D eigenvalue weighted by Gasteiger charge is -2.09. The van der Waals surface area contributed by atoms with E-state index in [4.69, 9.17) is 0 Å². The van der Waals surface area contributed by atoms with E-state index in [0.717, 1.165) is 34.5 Å². The molecule has 0 radical (unpaired) electrons. The molecule has 32 heavy (non-hydrogen) atoms. The van der Waals surface area contributed by atoms with Crippen LogP contribution in [0.3, 0.4) is 0 Å². The van der Waals surface area contributed by atoms with Crippen LogP contribution in [0.1, 0.15) is 18.4 Å². The third-order valence-corrected chi connectivity index (χ3v) is 6.63. The highest BCUT2D eigenvalue weighted by atomic mass is 32.2. The topological polar surface area (TPSA) is 82.2 Å². The first-order valence-corrected chi connectivity index (χ1v) is 10.6. The van der Waals surface area contributed by atoms with Crippen molar-refractivity contribution in [2.24, 2.45) is 7.05 Å². The summed E-state index contributed by atoms with van der Waals surface area (Å²) < 4.78 is 106. The van der Waals surface area contributed by atoms with E-state index in [1.165, 1.54) is 13.1 Å². The molecule has 0 saturated carbocycles. The molecule has 0 aliphatic rings. The van der Waals surface area contributed by atoms with Crippen LogP contribution in [-0.4, -0.2) is 38.1 Å². The molecular formula is C18H13F6N5O2S. The maximum absolute atomic E-state index is 13.3. The average Bonchev–Trinajstić information content (AvgIpc) is 3.26. The van der Waals surface area contributed by atoms with Gasteiger partial charge in [0, 0.05) is 24.9 Å². The molecule has 0 unspecified atom stereocenters. The zero-order chi connectivity index (χ0) is 23.6. The van der Waals surface area contributed by atoms with Gasteiger partial charge in [-0.05, 0) is 12.1 Å². The van der Waals surface area contributed by atoms with Gasteiger partial charge in [0.2, 0.25) is 5.82 Å². The predicted octanol–water partition coefficient (Wildman–Crippen LogP) is 4.11. The third-order valence-electron chi connectivity index (χ3n) is 4.87. The molecule has 4 rings (SSSR count). The van der Waals surface area contributed by atoms with E-state index in [9.17, 15) is 34.8 Å². The Morgan fingerprint density at radius 1 is 1.00 bits per heavy atom. The van der Waals surface area contributed by atoms with Gasteiger partial charge in [0.15, 0.2) is 9.84 Å². The first-order chi connectivity index (χ1) is 14.7. The maximum Gasteiger partial charge on any atom is 0.449 e. The lowest BCUT2D eigenvalue weighted by molar-refractivity contribution is -0.146. The van der Waals surface area contributed by atoms with E-state index in [1.807, 2.05) is 0 Å². The smallest absolute Gasteiger partial charge is 0.323 e. The summed E-state index contributed by atoms with van der Waals surface area (Å²) in [5, 5.41) is 0. The van der Waals surface area contributed by atoms with Gasteiger partial charge in [-0.2, -0.15) is 26.3 Å². The van der Waals surface area contributed by atoms with E-state index < -0.39 is 33.7 Å². The van der Waals surface area contributed by atoms with Crippen molar-refractivity contribution >= 4 is 26.5 Å². The quantitative estimate of drug-likeness (QED) is 0.415. The zero-order valence-corrected chi connectivity index (χ0v) is 17.1. The molecule has 0 aliphatic carbocycles. The Bertz CT molecular complexity index is 1470. The highest BCUT2D eigenvalue weighted by Gasteiger charge is 2.37. The van der Waals surface area contributed by atoms with Gasteiger partial charge in [-0.1, -0.05) is 6.92 Å². The minimum absolute atomic E-state index is 0.0562. The van der Waals surface area contributed by atoms with E-state index >= 15 is 0 Å². The SMILES string of the molecule is CCS(=O)(=O)c1cc2c(cc1-c1cn3cnc(C(F)(F)F)cc3n1)nc(C(F)(F)F)n2C. The fourth-order valence-electron chi connectivity index (χ4n) is 3.26. The third kappa shape index (κ3) is 3.57. The summed E-state index contributed by atoms with van der Waals surface area (Å²) in [6.07, 6.45) is -7.39. The largest absolute Gasteiger partial charge is 0.449 e. The van der Waals surface area contributed by atoms with Crippen molar-refractivity contribution in [3.8, 4) is 11.3 Å². The van der Waals surface area contributed by atoms with Gasteiger partial charge in [0.25, 0.3) is 0 Å². The van der Waals surface area contributed by atoms with Crippen LogP contribution >= 0.6 is 0 Å². The molecule has 0 N–H and O–H groups in total. The second-order valence-electron chi connectivity index (χ2n) is 6.90. The lowest BCUT2D eigenvalue weighted by atomic mass is 10.1. The van der Waals surface area contributed by atoms with Crippen LogP contribution in [0, 0.1) is 0 Å². The van der Waals surface area contributed by atoms with Gasteiger partial charge < -0.3 is 4.57 Å². The highest BCUT2D eigenvalue weighted by Crippen LogP contribution is 2.36. The number of aryl methyl sites for hydroxylation is 1. The van der Waals surface area contributed by atoms with Crippen LogP contribution in [0.4, 0.5) is 26.3 Å². The van der Waals surface area contributed by atoms with Gasteiger partial charge >= 0.3 is 12.4 Å². The van der Waals surface area contributed by atoms with E-state index in [2.05, 4.69) is 15.0 Å². The standard InChI is InChI=1S/C18H13F6N5O2S/c1-3-32(30,31)13-5-12-10(27-16(28(12)2)18(22,23)24)4-9(13)11-7-29-8-25-14(17(19,20)21)6-15(29)26-11/h4-8H,3H2,1-2H3. The number of halogens is 6. The Balaban J connectivity index is 2.01. The van der Waals surface area contributed by atoms with Gasteiger partial charge in [-0.3, -0.25) is 4.40 Å². The number of sulfone groups is 1. The molecule has 7 nitrogen and oxygen atoms in total. The Kier molecular flexibility index (Phi) is 4.77. The molecule has 0 atom stereocenters. The second kappa shape index (κ2) is 6.92. The lowest BCUT2D eigenvalue weighted by Crippen LogP contribution is -2.12. The number of imidazole rings is 2. The van der Waals surface area contributed by atoms with Crippen LogP contribution in [0.2, 0.25) is 0 Å². The van der Waals surface area contributed by atoms with Crippen molar-refractivity contribution in [3.63, 3.8) is 0 Å². The summed E-state index contributed by atoms with van der Waals surface area (Å²) in [5.41, 5.74) is -1.71. The second-order valence-corrected chi connectivity index (χ2v) is 9.14. The Morgan fingerprint density at radius 2 is 1.69 bits per heavy atom. The zero-order valence-electron chi connectivity index (χ0n) is 16.3. The Labute approximate surface area is 176 Å². The number of hydrogen-bond acceptors (Lipinski definition) is 5. The summed E-state index contributed by atoms with van der Waals surface area (Å²) in [4.78, 5) is 10.6. The number of nitrogens with zero attached hydrogens (tertiary/aromatic N) is 5. The number of alkyl halides is 6. The molecule has 3 heterocycles. The van der Waals surface area contributed by atoms with Crippen molar-refractivity contribution in [3.05, 3.63) is 42.2 Å². The van der Waals surface area contributed by atoms with Crippen LogP contribution in [-0.2, 0) is 29.2 Å². The molecule has 0 amide bonds. The van der Waals surface area contributed by atoms with Gasteiger partial charge in [-0.25, -0.2) is 23.4 Å². The normalized spacial score (nSPS) is 13.4. The number of hydrogen-bond donors (Lipinski definition) is 0. The number of aromatic nitrogens is 5. The molecule has 0 saturated heterocycles. The van der Waals surface area contributed by atoms with Gasteiger partial charge in [0.1, 0.15) is 17.7 Å². The fourth-order valence-corrected chi connectivity index (χ4v) is 4.36. The van der Waals surface area contributed by atoms with E-state index in [1.54, 1.807) is 0 Å². The molecule has 0 aliphatic heterocycles. The van der Waals surface area contributed by atoms with Crippen LogP contribution in [0.5, 0.6) is 0 Å². The molecule has 1 aromatic carbocycles. The summed E-state index contributed by atoms with van der Waals surface area (Å²) in [7, 11) is -2.84. The van der Waals surface area contributed by atoms with Crippen LogP contribution in [0.25, 0.3) is 27.9 Å². The number of fused-ring (bicyclic) bond motifs is 2. The van der Waals surface area contributed by atoms with Crippen molar-refractivity contribution in [1.82, 2.24) is 23.9 Å². The summed E-state index contributed by atoms with van der Waals surface area (Å²) in [5.74, 6) is -1.58. The van der Waals surface area contributed by atoms with Crippen molar-refractivity contribution < 1.29 is 34.8 Å². The highest BCUT2D eigenvalue weighted by molar-refractivity contribution is 7.91. The minimum atomic E-state index is -4.78. The summed E-state index contributed by atoms with van der Waals surface area (Å²) in [6.45, 7) is 1.36. The fraction of sp³-hybridized carbons (Fsp3) is 0.278. The predicted molar refractivity (Wildman–Crippen MR) is 100 cm³/mol. The number of rotatable bonds is 3. The summed E-state index contributed by atoms with van der Waals surface area (Å²) in [6, 6.07) is 2.88. The molecule has 0 fully saturated rings. The monoisotopic (exact) mass is 477 g/mol.